The first-order valence-corrected chi connectivity index (χ1v) is 9.86. The summed E-state index contributed by atoms with van der Waals surface area (Å²) in [6, 6.07) is 10.6. The largest absolute Gasteiger partial charge is 0.368 e. The van der Waals surface area contributed by atoms with Gasteiger partial charge in [-0.25, -0.2) is 9.97 Å². The average Bonchev–Trinajstić information content (AvgIpc) is 3.44. The highest BCUT2D eigenvalue weighted by Gasteiger charge is 2.23. The first-order valence-electron chi connectivity index (χ1n) is 9.86. The van der Waals surface area contributed by atoms with Crippen molar-refractivity contribution < 1.29 is 14.3 Å². The van der Waals surface area contributed by atoms with Gasteiger partial charge in [0.25, 0.3) is 11.8 Å². The fourth-order valence-corrected chi connectivity index (χ4v) is 3.35. The van der Waals surface area contributed by atoms with Crippen LogP contribution in [0.15, 0.2) is 55.0 Å². The van der Waals surface area contributed by atoms with E-state index in [1.807, 2.05) is 29.8 Å². The van der Waals surface area contributed by atoms with Gasteiger partial charge in [-0.15, -0.1) is 0 Å². The number of nitrogens with zero attached hydrogens (tertiary/aromatic N) is 3. The van der Waals surface area contributed by atoms with E-state index in [0.717, 1.165) is 30.0 Å². The molecule has 0 bridgehead atoms. The Morgan fingerprint density at radius 3 is 2.87 bits per heavy atom. The number of carbonyl (C=O) groups is 2. The molecule has 154 valence electrons. The molecule has 30 heavy (non-hydrogen) atoms. The van der Waals surface area contributed by atoms with Crippen molar-refractivity contribution in [2.24, 2.45) is 0 Å². The molecule has 3 aromatic rings. The number of ether oxygens (including phenoxy) is 1. The number of aryl methyl sites for hydroxylation is 1. The number of aromatic nitrogens is 3. The van der Waals surface area contributed by atoms with Crippen LogP contribution in [-0.2, 0) is 16.1 Å². The summed E-state index contributed by atoms with van der Waals surface area (Å²) in [4.78, 5) is 33.4. The zero-order valence-corrected chi connectivity index (χ0v) is 16.7. The molecule has 8 heteroatoms. The summed E-state index contributed by atoms with van der Waals surface area (Å²) >= 11 is 0. The molecule has 2 amide bonds. The summed E-state index contributed by atoms with van der Waals surface area (Å²) in [6.45, 7) is 2.87. The Hall–Kier alpha value is -3.52. The highest BCUT2D eigenvalue weighted by molar-refractivity contribution is 5.98. The molecule has 1 atom stereocenters. The Bertz CT molecular complexity index is 1060. The predicted octanol–water partition coefficient (Wildman–Crippen LogP) is 2.62. The lowest BCUT2D eigenvalue weighted by Gasteiger charge is -2.12. The maximum absolute atomic E-state index is 12.6. The maximum Gasteiger partial charge on any atom is 0.253 e. The smallest absolute Gasteiger partial charge is 0.253 e. The molecule has 1 fully saturated rings. The lowest BCUT2D eigenvalue weighted by Crippen LogP contribution is -2.27. The van der Waals surface area contributed by atoms with Crippen LogP contribution < -0.4 is 10.6 Å². The van der Waals surface area contributed by atoms with Gasteiger partial charge in [-0.05, 0) is 55.7 Å². The third-order valence-electron chi connectivity index (χ3n) is 4.95. The van der Waals surface area contributed by atoms with Gasteiger partial charge in [-0.3, -0.25) is 14.2 Å². The first kappa shape index (κ1) is 19.8. The Kier molecular flexibility index (Phi) is 5.85. The minimum Gasteiger partial charge on any atom is -0.368 e. The van der Waals surface area contributed by atoms with Gasteiger partial charge < -0.3 is 15.4 Å². The molecule has 1 unspecified atom stereocenters. The van der Waals surface area contributed by atoms with Crippen molar-refractivity contribution in [2.75, 3.05) is 11.9 Å². The fourth-order valence-electron chi connectivity index (χ4n) is 3.35. The predicted molar refractivity (Wildman–Crippen MR) is 111 cm³/mol. The molecule has 8 nitrogen and oxygen atoms in total. The molecule has 2 aromatic heterocycles. The summed E-state index contributed by atoms with van der Waals surface area (Å²) in [5.74, 6) is 1.19. The van der Waals surface area contributed by atoms with Crippen molar-refractivity contribution in [3.05, 3.63) is 71.9 Å². The first-order chi connectivity index (χ1) is 14.6. The second-order valence-electron chi connectivity index (χ2n) is 7.12. The fraction of sp³-hybridized carbons (Fsp3) is 0.273. The second kappa shape index (κ2) is 8.87. The van der Waals surface area contributed by atoms with E-state index in [4.69, 9.17) is 4.74 Å². The van der Waals surface area contributed by atoms with Crippen LogP contribution in [0, 0.1) is 6.92 Å². The third kappa shape index (κ3) is 4.55. The SMILES string of the molecule is Cc1nccn1-c1cc(CNC(=O)c2cccc(NC(=O)C3CCCO3)c2)ccn1. The lowest BCUT2D eigenvalue weighted by molar-refractivity contribution is -0.124. The Labute approximate surface area is 174 Å². The number of imidazole rings is 1. The summed E-state index contributed by atoms with van der Waals surface area (Å²) in [5, 5.41) is 5.73. The molecule has 0 saturated carbocycles. The third-order valence-corrected chi connectivity index (χ3v) is 4.95. The molecule has 1 aromatic carbocycles. The van der Waals surface area contributed by atoms with E-state index >= 15 is 0 Å². The number of pyridine rings is 1. The average molecular weight is 405 g/mol. The van der Waals surface area contributed by atoms with E-state index in [0.29, 0.717) is 24.4 Å². The molecule has 0 aliphatic carbocycles. The van der Waals surface area contributed by atoms with Crippen molar-refractivity contribution >= 4 is 17.5 Å². The Balaban J connectivity index is 1.38. The normalized spacial score (nSPS) is 15.7. The van der Waals surface area contributed by atoms with Gasteiger partial charge in [-0.2, -0.15) is 0 Å². The van der Waals surface area contributed by atoms with Gasteiger partial charge in [0.15, 0.2) is 0 Å². The van der Waals surface area contributed by atoms with Crippen LogP contribution in [0.3, 0.4) is 0 Å². The number of anilines is 1. The summed E-state index contributed by atoms with van der Waals surface area (Å²) in [6.07, 6.45) is 6.46. The Morgan fingerprint density at radius 2 is 2.10 bits per heavy atom. The molecule has 0 radical (unpaired) electrons. The van der Waals surface area contributed by atoms with Crippen LogP contribution >= 0.6 is 0 Å². The van der Waals surface area contributed by atoms with Crippen molar-refractivity contribution in [1.82, 2.24) is 19.9 Å². The van der Waals surface area contributed by atoms with Gasteiger partial charge in [0.1, 0.15) is 17.7 Å². The molecule has 0 spiro atoms. The minimum atomic E-state index is -0.414. The van der Waals surface area contributed by atoms with Gasteiger partial charge in [0, 0.05) is 43.0 Å². The van der Waals surface area contributed by atoms with E-state index in [2.05, 4.69) is 20.6 Å². The number of benzene rings is 1. The van der Waals surface area contributed by atoms with E-state index < -0.39 is 6.10 Å². The monoisotopic (exact) mass is 405 g/mol. The minimum absolute atomic E-state index is 0.177. The van der Waals surface area contributed by atoms with Crippen molar-refractivity contribution in [2.45, 2.75) is 32.4 Å². The van der Waals surface area contributed by atoms with Crippen LogP contribution in [0.1, 0.15) is 34.6 Å². The molecule has 1 aliphatic rings. The number of carbonyl (C=O) groups excluding carboxylic acids is 2. The standard InChI is InChI=1S/C22H23N5O3/c1-15-23-9-10-27(15)20-12-16(7-8-24-20)14-25-21(28)17-4-2-5-18(13-17)26-22(29)19-6-3-11-30-19/h2,4-5,7-10,12-13,19H,3,6,11,14H2,1H3,(H,25,28)(H,26,29). The van der Waals surface area contributed by atoms with Crippen molar-refractivity contribution in [3.8, 4) is 5.82 Å². The zero-order valence-electron chi connectivity index (χ0n) is 16.7. The highest BCUT2D eigenvalue weighted by Crippen LogP contribution is 2.16. The van der Waals surface area contributed by atoms with Crippen LogP contribution in [-0.4, -0.2) is 39.1 Å². The number of hydrogen-bond acceptors (Lipinski definition) is 5. The lowest BCUT2D eigenvalue weighted by atomic mass is 10.1. The number of amides is 2. The van der Waals surface area contributed by atoms with Crippen LogP contribution in [0.5, 0.6) is 0 Å². The molecule has 1 aliphatic heterocycles. The summed E-state index contributed by atoms with van der Waals surface area (Å²) in [7, 11) is 0. The van der Waals surface area contributed by atoms with E-state index in [9.17, 15) is 9.59 Å². The Morgan fingerprint density at radius 1 is 1.20 bits per heavy atom. The van der Waals surface area contributed by atoms with Gasteiger partial charge in [0.05, 0.1) is 0 Å². The van der Waals surface area contributed by atoms with Crippen molar-refractivity contribution in [1.29, 1.82) is 0 Å². The van der Waals surface area contributed by atoms with Gasteiger partial charge >= 0.3 is 0 Å². The molecule has 1 saturated heterocycles. The van der Waals surface area contributed by atoms with Crippen LogP contribution in [0.2, 0.25) is 0 Å². The van der Waals surface area contributed by atoms with Gasteiger partial charge in [0.2, 0.25) is 0 Å². The molecule has 3 heterocycles. The van der Waals surface area contributed by atoms with Crippen molar-refractivity contribution in [3.63, 3.8) is 0 Å². The summed E-state index contributed by atoms with van der Waals surface area (Å²) < 4.78 is 7.27. The zero-order chi connectivity index (χ0) is 20.9. The number of hydrogen-bond donors (Lipinski definition) is 2. The topological polar surface area (TPSA) is 98.1 Å². The molecule has 2 N–H and O–H groups in total. The van der Waals surface area contributed by atoms with E-state index in [1.54, 1.807) is 36.7 Å². The second-order valence-corrected chi connectivity index (χ2v) is 7.12. The van der Waals surface area contributed by atoms with E-state index in [1.165, 1.54) is 0 Å². The molecular formula is C22H23N5O3. The number of nitrogens with one attached hydrogen (secondary N) is 2. The quantitative estimate of drug-likeness (QED) is 0.657. The summed E-state index contributed by atoms with van der Waals surface area (Å²) in [5.41, 5.74) is 1.97. The van der Waals surface area contributed by atoms with Crippen LogP contribution in [0.4, 0.5) is 5.69 Å². The van der Waals surface area contributed by atoms with E-state index in [-0.39, 0.29) is 11.8 Å². The molecular weight excluding hydrogens is 382 g/mol. The maximum atomic E-state index is 12.6. The molecule has 4 rings (SSSR count). The number of rotatable bonds is 6. The highest BCUT2D eigenvalue weighted by atomic mass is 16.5. The van der Waals surface area contributed by atoms with Crippen LogP contribution in [0.25, 0.3) is 5.82 Å². The van der Waals surface area contributed by atoms with Gasteiger partial charge in [-0.1, -0.05) is 6.07 Å².